The second-order valence-electron chi connectivity index (χ2n) is 5.54. The Hall–Kier alpha value is -2.30. The molecule has 2 heterocycles. The Morgan fingerprint density at radius 2 is 2.10 bits per heavy atom. The highest BCUT2D eigenvalue weighted by atomic mass is 16.5. The Labute approximate surface area is 124 Å². The summed E-state index contributed by atoms with van der Waals surface area (Å²) in [7, 11) is 0. The monoisotopic (exact) mass is 284 g/mol. The first kappa shape index (κ1) is 13.7. The molecule has 21 heavy (non-hydrogen) atoms. The van der Waals surface area contributed by atoms with Crippen molar-refractivity contribution in [2.24, 2.45) is 0 Å². The third-order valence-corrected chi connectivity index (χ3v) is 3.82. The van der Waals surface area contributed by atoms with Crippen LogP contribution >= 0.6 is 0 Å². The molecule has 0 aliphatic carbocycles. The topological polar surface area (TPSA) is 87.0 Å². The minimum absolute atomic E-state index is 0.210. The first-order chi connectivity index (χ1) is 10.1. The van der Waals surface area contributed by atoms with Gasteiger partial charge in [0, 0.05) is 24.6 Å². The number of aryl methyl sites for hydroxylation is 1. The number of hydrogen-bond acceptors (Lipinski definition) is 5. The van der Waals surface area contributed by atoms with E-state index in [-0.39, 0.29) is 12.1 Å². The van der Waals surface area contributed by atoms with Crippen molar-refractivity contribution in [3.8, 4) is 5.75 Å². The molecule has 1 unspecified atom stereocenters. The molecule has 3 rings (SSSR count). The van der Waals surface area contributed by atoms with Crippen LogP contribution in [-0.2, 0) is 19.3 Å². The van der Waals surface area contributed by atoms with E-state index in [1.54, 1.807) is 6.20 Å². The summed E-state index contributed by atoms with van der Waals surface area (Å²) < 4.78 is 5.91. The number of anilines is 2. The van der Waals surface area contributed by atoms with E-state index in [4.69, 9.17) is 16.2 Å². The Bertz CT molecular complexity index is 684. The van der Waals surface area contributed by atoms with Crippen molar-refractivity contribution < 1.29 is 4.74 Å². The number of nitrogens with zero attached hydrogens (tertiary/aromatic N) is 2. The van der Waals surface area contributed by atoms with Crippen molar-refractivity contribution in [2.45, 2.75) is 39.2 Å². The smallest absolute Gasteiger partial charge is 0.221 e. The molecule has 0 radical (unpaired) electrons. The van der Waals surface area contributed by atoms with E-state index < -0.39 is 0 Å². The molecular weight excluding hydrogens is 264 g/mol. The number of fused-ring (bicyclic) bond motifs is 1. The van der Waals surface area contributed by atoms with E-state index in [9.17, 15) is 0 Å². The molecule has 0 bridgehead atoms. The summed E-state index contributed by atoms with van der Waals surface area (Å²) >= 11 is 0. The molecule has 1 aliphatic heterocycles. The molecule has 2 aromatic rings. The molecule has 1 aromatic carbocycles. The van der Waals surface area contributed by atoms with Crippen LogP contribution < -0.4 is 16.2 Å². The summed E-state index contributed by atoms with van der Waals surface area (Å²) in [6, 6.07) is 4.39. The number of rotatable bonds is 3. The van der Waals surface area contributed by atoms with E-state index in [1.807, 2.05) is 0 Å². The van der Waals surface area contributed by atoms with Gasteiger partial charge in [0.2, 0.25) is 5.95 Å². The summed E-state index contributed by atoms with van der Waals surface area (Å²) in [5.41, 5.74) is 16.1. The van der Waals surface area contributed by atoms with E-state index in [2.05, 4.69) is 35.9 Å². The Kier molecular flexibility index (Phi) is 3.41. The van der Waals surface area contributed by atoms with Crippen LogP contribution in [0.3, 0.4) is 0 Å². The molecule has 1 aromatic heterocycles. The lowest BCUT2D eigenvalue weighted by Gasteiger charge is -2.11. The van der Waals surface area contributed by atoms with Gasteiger partial charge in [0.1, 0.15) is 17.7 Å². The second-order valence-corrected chi connectivity index (χ2v) is 5.54. The van der Waals surface area contributed by atoms with Crippen LogP contribution in [0.15, 0.2) is 18.3 Å². The zero-order valence-electron chi connectivity index (χ0n) is 12.4. The number of hydrogen-bond donors (Lipinski definition) is 2. The maximum atomic E-state index is 5.92. The lowest BCUT2D eigenvalue weighted by Crippen LogP contribution is -2.05. The number of ether oxygens (including phenoxy) is 1. The maximum Gasteiger partial charge on any atom is 0.221 e. The first-order valence-electron chi connectivity index (χ1n) is 7.25. The van der Waals surface area contributed by atoms with Crippen LogP contribution in [0.4, 0.5) is 11.8 Å². The van der Waals surface area contributed by atoms with Gasteiger partial charge in [-0.25, -0.2) is 4.98 Å². The summed E-state index contributed by atoms with van der Waals surface area (Å²) in [4.78, 5) is 8.04. The predicted molar refractivity (Wildman–Crippen MR) is 83.3 cm³/mol. The average Bonchev–Trinajstić information content (AvgIpc) is 2.81. The summed E-state index contributed by atoms with van der Waals surface area (Å²) in [5, 5.41) is 0. The van der Waals surface area contributed by atoms with Gasteiger partial charge in [0.05, 0.1) is 0 Å². The van der Waals surface area contributed by atoms with Gasteiger partial charge in [-0.3, -0.25) is 0 Å². The largest absolute Gasteiger partial charge is 0.490 e. The predicted octanol–water partition coefficient (Wildman–Crippen LogP) is 2.12. The minimum atomic E-state index is 0.210. The minimum Gasteiger partial charge on any atom is -0.490 e. The zero-order chi connectivity index (χ0) is 15.0. The normalized spacial score (nSPS) is 16.6. The molecule has 0 spiro atoms. The molecule has 4 N–H and O–H groups in total. The molecule has 110 valence electrons. The summed E-state index contributed by atoms with van der Waals surface area (Å²) in [6.45, 7) is 4.25. The van der Waals surface area contributed by atoms with Gasteiger partial charge in [-0.1, -0.05) is 19.1 Å². The van der Waals surface area contributed by atoms with Crippen LogP contribution in [0.25, 0.3) is 0 Å². The quantitative estimate of drug-likeness (QED) is 0.901. The van der Waals surface area contributed by atoms with Gasteiger partial charge in [-0.2, -0.15) is 4.98 Å². The van der Waals surface area contributed by atoms with E-state index in [1.165, 1.54) is 16.7 Å². The van der Waals surface area contributed by atoms with E-state index in [0.717, 1.165) is 24.2 Å². The van der Waals surface area contributed by atoms with E-state index in [0.29, 0.717) is 12.2 Å². The number of aromatic nitrogens is 2. The van der Waals surface area contributed by atoms with Crippen molar-refractivity contribution >= 4 is 11.8 Å². The molecule has 0 fully saturated rings. The Morgan fingerprint density at radius 1 is 1.29 bits per heavy atom. The molecule has 0 saturated carbocycles. The van der Waals surface area contributed by atoms with Crippen LogP contribution in [-0.4, -0.2) is 16.1 Å². The standard InChI is InChI=1S/C16H20N4O/c1-3-11-5-10(6-12-4-9(2)21-14(11)12)7-13-8-19-16(18)20-15(13)17/h5-6,8-9H,3-4,7H2,1-2H3,(H4,17,18,19,20). The van der Waals surface area contributed by atoms with Gasteiger partial charge >= 0.3 is 0 Å². The maximum absolute atomic E-state index is 5.92. The number of benzene rings is 1. The highest BCUT2D eigenvalue weighted by Crippen LogP contribution is 2.34. The number of nitrogens with two attached hydrogens (primary N) is 2. The fourth-order valence-corrected chi connectivity index (χ4v) is 2.84. The van der Waals surface area contributed by atoms with Crippen LogP contribution in [0.5, 0.6) is 5.75 Å². The Balaban J connectivity index is 1.95. The SMILES string of the molecule is CCc1cc(Cc2cnc(N)nc2N)cc2c1OC(C)C2. The lowest BCUT2D eigenvalue weighted by atomic mass is 9.97. The van der Waals surface area contributed by atoms with Crippen molar-refractivity contribution in [2.75, 3.05) is 11.5 Å². The molecule has 1 atom stereocenters. The van der Waals surface area contributed by atoms with Crippen molar-refractivity contribution in [3.05, 3.63) is 40.6 Å². The fraction of sp³-hybridized carbons (Fsp3) is 0.375. The van der Waals surface area contributed by atoms with E-state index >= 15 is 0 Å². The van der Waals surface area contributed by atoms with Crippen LogP contribution in [0.2, 0.25) is 0 Å². The van der Waals surface area contributed by atoms with Crippen molar-refractivity contribution in [1.82, 2.24) is 9.97 Å². The van der Waals surface area contributed by atoms with Crippen LogP contribution in [0.1, 0.15) is 36.1 Å². The van der Waals surface area contributed by atoms with Gasteiger partial charge in [0.25, 0.3) is 0 Å². The molecule has 1 aliphatic rings. The molecule has 5 heteroatoms. The lowest BCUT2D eigenvalue weighted by molar-refractivity contribution is 0.252. The average molecular weight is 284 g/mol. The molecule has 0 saturated heterocycles. The number of nitrogen functional groups attached to an aromatic ring is 2. The summed E-state index contributed by atoms with van der Waals surface area (Å²) in [6.07, 6.45) is 4.59. The van der Waals surface area contributed by atoms with Gasteiger partial charge in [-0.15, -0.1) is 0 Å². The van der Waals surface area contributed by atoms with Gasteiger partial charge < -0.3 is 16.2 Å². The Morgan fingerprint density at radius 3 is 2.81 bits per heavy atom. The third kappa shape index (κ3) is 2.63. The van der Waals surface area contributed by atoms with Crippen LogP contribution in [0, 0.1) is 0 Å². The molecular formula is C16H20N4O. The van der Waals surface area contributed by atoms with Crippen molar-refractivity contribution in [3.63, 3.8) is 0 Å². The summed E-state index contributed by atoms with van der Waals surface area (Å²) in [5.74, 6) is 1.72. The highest BCUT2D eigenvalue weighted by Gasteiger charge is 2.22. The molecule has 0 amide bonds. The highest BCUT2D eigenvalue weighted by molar-refractivity contribution is 5.50. The third-order valence-electron chi connectivity index (χ3n) is 3.82. The second kappa shape index (κ2) is 5.24. The zero-order valence-corrected chi connectivity index (χ0v) is 12.4. The first-order valence-corrected chi connectivity index (χ1v) is 7.25. The molecule has 5 nitrogen and oxygen atoms in total. The van der Waals surface area contributed by atoms with Crippen molar-refractivity contribution in [1.29, 1.82) is 0 Å². The van der Waals surface area contributed by atoms with Gasteiger partial charge in [0.15, 0.2) is 0 Å². The fourth-order valence-electron chi connectivity index (χ4n) is 2.84. The van der Waals surface area contributed by atoms with Gasteiger partial charge in [-0.05, 0) is 30.0 Å².